The van der Waals surface area contributed by atoms with E-state index >= 15 is 0 Å². The lowest BCUT2D eigenvalue weighted by Crippen LogP contribution is -2.41. The van der Waals surface area contributed by atoms with E-state index in [1.807, 2.05) is 13.8 Å². The van der Waals surface area contributed by atoms with Gasteiger partial charge in [0.15, 0.2) is 0 Å². The molecule has 2 aliphatic rings. The molecule has 20 heavy (non-hydrogen) atoms. The Bertz CT molecular complexity index is 514. The van der Waals surface area contributed by atoms with Crippen LogP contribution in [-0.4, -0.2) is 33.0 Å². The smallest absolute Gasteiger partial charge is 0.320 e. The number of likely N-dealkylation sites (tertiary alicyclic amines) is 1. The number of hydrogen-bond donors (Lipinski definition) is 1. The number of fused-ring (bicyclic) bond motifs is 1. The Balaban J connectivity index is 1.84. The molecule has 0 bridgehead atoms. The highest BCUT2D eigenvalue weighted by Gasteiger charge is 2.45. The van der Waals surface area contributed by atoms with Crippen LogP contribution < -0.4 is 0 Å². The van der Waals surface area contributed by atoms with Gasteiger partial charge in [-0.15, -0.1) is 11.3 Å². The highest BCUT2D eigenvalue weighted by atomic mass is 32.1. The van der Waals surface area contributed by atoms with Crippen LogP contribution in [0.3, 0.4) is 0 Å². The normalized spacial score (nSPS) is 30.4. The molecule has 4 nitrogen and oxygen atoms in total. The molecule has 5 heteroatoms. The number of aliphatic carboxylic acids is 1. The number of hydrogen-bond acceptors (Lipinski definition) is 4. The van der Waals surface area contributed by atoms with E-state index in [9.17, 15) is 9.90 Å². The minimum Gasteiger partial charge on any atom is -0.480 e. The second-order valence-electron chi connectivity index (χ2n) is 6.12. The van der Waals surface area contributed by atoms with Crippen molar-refractivity contribution < 1.29 is 9.90 Å². The summed E-state index contributed by atoms with van der Waals surface area (Å²) in [7, 11) is 0. The zero-order valence-electron chi connectivity index (χ0n) is 12.1. The Kier molecular flexibility index (Phi) is 3.82. The molecule has 110 valence electrons. The summed E-state index contributed by atoms with van der Waals surface area (Å²) in [5.74, 6) is -0.0718. The van der Waals surface area contributed by atoms with Crippen molar-refractivity contribution in [1.29, 1.82) is 0 Å². The van der Waals surface area contributed by atoms with Crippen molar-refractivity contribution in [1.82, 2.24) is 9.88 Å². The Hall–Kier alpha value is -0.940. The first-order valence-electron chi connectivity index (χ1n) is 7.47. The van der Waals surface area contributed by atoms with E-state index in [2.05, 4.69) is 9.88 Å². The van der Waals surface area contributed by atoms with E-state index < -0.39 is 5.97 Å². The van der Waals surface area contributed by atoms with Gasteiger partial charge in [-0.3, -0.25) is 9.69 Å². The van der Waals surface area contributed by atoms with Gasteiger partial charge in [0.05, 0.1) is 10.7 Å². The molecule has 0 aromatic carbocycles. The van der Waals surface area contributed by atoms with Gasteiger partial charge in [-0.2, -0.15) is 0 Å². The SMILES string of the molecule is Cc1nc(C)c(CN2C(C(=O)O)CC3CCCCC32)s1. The average Bonchev–Trinajstić information content (AvgIpc) is 2.91. The summed E-state index contributed by atoms with van der Waals surface area (Å²) >= 11 is 1.71. The predicted octanol–water partition coefficient (Wildman–Crippen LogP) is 2.98. The number of carboxylic acid groups (broad SMARTS) is 1. The van der Waals surface area contributed by atoms with Crippen molar-refractivity contribution >= 4 is 17.3 Å². The number of rotatable bonds is 3. The van der Waals surface area contributed by atoms with E-state index in [4.69, 9.17) is 0 Å². The zero-order chi connectivity index (χ0) is 14.3. The Labute approximate surface area is 123 Å². The van der Waals surface area contributed by atoms with Crippen LogP contribution in [0, 0.1) is 19.8 Å². The van der Waals surface area contributed by atoms with Crippen LogP contribution in [0.25, 0.3) is 0 Å². The largest absolute Gasteiger partial charge is 0.480 e. The fraction of sp³-hybridized carbons (Fsp3) is 0.733. The van der Waals surface area contributed by atoms with Gasteiger partial charge < -0.3 is 5.11 Å². The monoisotopic (exact) mass is 294 g/mol. The topological polar surface area (TPSA) is 53.4 Å². The average molecular weight is 294 g/mol. The van der Waals surface area contributed by atoms with Gasteiger partial charge in [0.25, 0.3) is 0 Å². The van der Waals surface area contributed by atoms with E-state index in [0.717, 1.165) is 30.1 Å². The summed E-state index contributed by atoms with van der Waals surface area (Å²) in [6.07, 6.45) is 5.69. The van der Waals surface area contributed by atoms with Gasteiger partial charge in [-0.05, 0) is 39.0 Å². The molecule has 3 rings (SSSR count). The van der Waals surface area contributed by atoms with Crippen LogP contribution in [0.15, 0.2) is 0 Å². The molecule has 1 N–H and O–H groups in total. The summed E-state index contributed by atoms with van der Waals surface area (Å²) < 4.78 is 0. The summed E-state index contributed by atoms with van der Waals surface area (Å²) in [5, 5.41) is 10.6. The molecule has 2 heterocycles. The van der Waals surface area contributed by atoms with Crippen molar-refractivity contribution in [3.63, 3.8) is 0 Å². The summed E-state index contributed by atoms with van der Waals surface area (Å²) in [6.45, 7) is 4.81. The molecule has 1 saturated carbocycles. The molecule has 1 aromatic heterocycles. The first-order chi connectivity index (χ1) is 9.56. The molecule has 0 spiro atoms. The molecular weight excluding hydrogens is 272 g/mol. The fourth-order valence-electron chi connectivity index (χ4n) is 3.91. The van der Waals surface area contributed by atoms with E-state index in [1.54, 1.807) is 11.3 Å². The molecule has 2 fully saturated rings. The van der Waals surface area contributed by atoms with Crippen molar-refractivity contribution in [2.45, 2.75) is 64.6 Å². The maximum absolute atomic E-state index is 11.6. The Morgan fingerprint density at radius 3 is 2.80 bits per heavy atom. The maximum atomic E-state index is 11.6. The third-order valence-electron chi connectivity index (χ3n) is 4.83. The fourth-order valence-corrected chi connectivity index (χ4v) is 4.86. The van der Waals surface area contributed by atoms with Gasteiger partial charge in [0, 0.05) is 17.5 Å². The number of carboxylic acids is 1. The Morgan fingerprint density at radius 2 is 2.15 bits per heavy atom. The molecular formula is C15H22N2O2S. The number of carbonyl (C=O) groups is 1. The van der Waals surface area contributed by atoms with Gasteiger partial charge in [0.1, 0.15) is 6.04 Å². The maximum Gasteiger partial charge on any atom is 0.320 e. The third-order valence-corrected chi connectivity index (χ3v) is 5.89. The molecule has 1 aromatic rings. The highest BCUT2D eigenvalue weighted by molar-refractivity contribution is 7.11. The van der Waals surface area contributed by atoms with Crippen molar-refractivity contribution in [3.8, 4) is 0 Å². The van der Waals surface area contributed by atoms with Gasteiger partial charge >= 0.3 is 5.97 Å². The highest BCUT2D eigenvalue weighted by Crippen LogP contribution is 2.41. The second-order valence-corrected chi connectivity index (χ2v) is 7.40. The van der Waals surface area contributed by atoms with Crippen LogP contribution in [-0.2, 0) is 11.3 Å². The Morgan fingerprint density at radius 1 is 1.40 bits per heavy atom. The minimum absolute atomic E-state index is 0.301. The summed E-state index contributed by atoms with van der Waals surface area (Å²) in [4.78, 5) is 19.5. The molecule has 0 amide bonds. The number of aryl methyl sites for hydroxylation is 2. The molecule has 3 unspecified atom stereocenters. The van der Waals surface area contributed by atoms with E-state index in [0.29, 0.717) is 12.0 Å². The summed E-state index contributed by atoms with van der Waals surface area (Å²) in [6, 6.07) is 0.163. The number of nitrogens with zero attached hydrogens (tertiary/aromatic N) is 2. The lowest BCUT2D eigenvalue weighted by molar-refractivity contribution is -0.142. The third kappa shape index (κ3) is 2.49. The van der Waals surface area contributed by atoms with Gasteiger partial charge in [-0.25, -0.2) is 4.98 Å². The number of aromatic nitrogens is 1. The van der Waals surface area contributed by atoms with Crippen molar-refractivity contribution in [2.24, 2.45) is 5.92 Å². The van der Waals surface area contributed by atoms with Crippen molar-refractivity contribution in [3.05, 3.63) is 15.6 Å². The summed E-state index contributed by atoms with van der Waals surface area (Å²) in [5.41, 5.74) is 1.07. The van der Waals surface area contributed by atoms with Crippen LogP contribution in [0.2, 0.25) is 0 Å². The van der Waals surface area contributed by atoms with E-state index in [-0.39, 0.29) is 6.04 Å². The lowest BCUT2D eigenvalue weighted by Gasteiger charge is -2.32. The van der Waals surface area contributed by atoms with E-state index in [1.165, 1.54) is 24.1 Å². The van der Waals surface area contributed by atoms with Crippen LogP contribution in [0.1, 0.15) is 47.7 Å². The van der Waals surface area contributed by atoms with Crippen molar-refractivity contribution in [2.75, 3.05) is 0 Å². The quantitative estimate of drug-likeness (QED) is 0.931. The standard InChI is InChI=1S/C15H22N2O2S/c1-9-14(20-10(2)16-9)8-17-12-6-4-3-5-11(12)7-13(17)15(18)19/h11-13H,3-8H2,1-2H3,(H,18,19). The second kappa shape index (κ2) is 5.45. The van der Waals surface area contributed by atoms with Crippen LogP contribution in [0.4, 0.5) is 0 Å². The predicted molar refractivity (Wildman–Crippen MR) is 78.9 cm³/mol. The molecule has 1 saturated heterocycles. The first kappa shape index (κ1) is 14.0. The van der Waals surface area contributed by atoms with Crippen LogP contribution in [0.5, 0.6) is 0 Å². The molecule has 3 atom stereocenters. The zero-order valence-corrected chi connectivity index (χ0v) is 12.9. The first-order valence-corrected chi connectivity index (χ1v) is 8.29. The molecule has 1 aliphatic heterocycles. The van der Waals surface area contributed by atoms with Gasteiger partial charge in [0.2, 0.25) is 0 Å². The lowest BCUT2D eigenvalue weighted by atomic mass is 9.85. The van der Waals surface area contributed by atoms with Gasteiger partial charge in [-0.1, -0.05) is 12.8 Å². The van der Waals surface area contributed by atoms with Crippen LogP contribution >= 0.6 is 11.3 Å². The number of thiazole rings is 1. The molecule has 1 aliphatic carbocycles. The minimum atomic E-state index is -0.654. The molecule has 0 radical (unpaired) electrons.